The molecule has 2 aromatic rings. The molecule has 3 nitrogen and oxygen atoms in total. The Hall–Kier alpha value is -1.58. The first-order valence-corrected chi connectivity index (χ1v) is 7.02. The second kappa shape index (κ2) is 6.25. The quantitative estimate of drug-likeness (QED) is 0.779. The third kappa shape index (κ3) is 3.30. The lowest BCUT2D eigenvalue weighted by Gasteiger charge is -2.13. The van der Waals surface area contributed by atoms with Gasteiger partial charge in [-0.15, -0.1) is 0 Å². The predicted molar refractivity (Wildman–Crippen MR) is 86.5 cm³/mol. The number of nitrogen functional groups attached to an aromatic ring is 1. The van der Waals surface area contributed by atoms with Gasteiger partial charge in [-0.05, 0) is 43.7 Å². The summed E-state index contributed by atoms with van der Waals surface area (Å²) in [4.78, 5) is 0. The van der Waals surface area contributed by atoms with E-state index in [4.69, 9.17) is 33.7 Å². The fourth-order valence-corrected chi connectivity index (χ4v) is 2.22. The van der Waals surface area contributed by atoms with Crippen molar-refractivity contribution in [3.8, 4) is 5.75 Å². The Bertz CT molecular complexity index is 630. The van der Waals surface area contributed by atoms with Crippen LogP contribution in [0, 0.1) is 6.92 Å². The molecule has 2 rings (SSSR count). The van der Waals surface area contributed by atoms with Crippen molar-refractivity contribution in [3.63, 3.8) is 0 Å². The van der Waals surface area contributed by atoms with Crippen LogP contribution in [-0.4, -0.2) is 6.61 Å². The van der Waals surface area contributed by atoms with Crippen molar-refractivity contribution in [2.75, 3.05) is 17.7 Å². The number of benzene rings is 2. The first-order valence-electron chi connectivity index (χ1n) is 6.26. The molecular weight excluding hydrogens is 295 g/mol. The minimum atomic E-state index is 0.560. The lowest BCUT2D eigenvalue weighted by atomic mass is 10.2. The zero-order chi connectivity index (χ0) is 14.7. The van der Waals surface area contributed by atoms with Crippen LogP contribution in [-0.2, 0) is 0 Å². The molecule has 0 bridgehead atoms. The molecule has 0 unspecified atom stereocenters. The Morgan fingerprint density at radius 2 is 1.90 bits per heavy atom. The van der Waals surface area contributed by atoms with Crippen LogP contribution < -0.4 is 15.8 Å². The Morgan fingerprint density at radius 1 is 1.15 bits per heavy atom. The monoisotopic (exact) mass is 310 g/mol. The van der Waals surface area contributed by atoms with Gasteiger partial charge in [-0.2, -0.15) is 0 Å². The first-order chi connectivity index (χ1) is 9.51. The summed E-state index contributed by atoms with van der Waals surface area (Å²) in [5, 5.41) is 4.49. The SMILES string of the molecule is CCOc1cc(Nc2cc(Cl)c(C)cc2Cl)ccc1N. The van der Waals surface area contributed by atoms with E-state index >= 15 is 0 Å². The number of halogens is 2. The Morgan fingerprint density at radius 3 is 2.60 bits per heavy atom. The summed E-state index contributed by atoms with van der Waals surface area (Å²) < 4.78 is 5.46. The van der Waals surface area contributed by atoms with Crippen LogP contribution in [0.1, 0.15) is 12.5 Å². The normalized spacial score (nSPS) is 10.4. The number of aryl methyl sites for hydroxylation is 1. The molecule has 0 amide bonds. The standard InChI is InChI=1S/C15H16Cl2N2O/c1-3-20-15-7-10(4-5-13(15)18)19-14-8-11(16)9(2)6-12(14)17/h4-8,19H,3,18H2,1-2H3. The van der Waals surface area contributed by atoms with Gasteiger partial charge in [-0.1, -0.05) is 23.2 Å². The van der Waals surface area contributed by atoms with E-state index in [-0.39, 0.29) is 0 Å². The summed E-state index contributed by atoms with van der Waals surface area (Å²) in [6.45, 7) is 4.38. The molecule has 0 aromatic heterocycles. The minimum Gasteiger partial charge on any atom is -0.492 e. The van der Waals surface area contributed by atoms with Crippen molar-refractivity contribution >= 4 is 40.3 Å². The fraction of sp³-hybridized carbons (Fsp3) is 0.200. The van der Waals surface area contributed by atoms with Gasteiger partial charge in [-0.25, -0.2) is 0 Å². The van der Waals surface area contributed by atoms with Crippen molar-refractivity contribution in [2.24, 2.45) is 0 Å². The molecular formula is C15H16Cl2N2O. The topological polar surface area (TPSA) is 47.3 Å². The average molecular weight is 311 g/mol. The van der Waals surface area contributed by atoms with Gasteiger partial charge >= 0.3 is 0 Å². The van der Waals surface area contributed by atoms with Crippen LogP contribution in [0.5, 0.6) is 5.75 Å². The molecule has 106 valence electrons. The van der Waals surface area contributed by atoms with Gasteiger partial charge in [0.1, 0.15) is 5.75 Å². The maximum absolute atomic E-state index is 6.21. The highest BCUT2D eigenvalue weighted by Crippen LogP contribution is 2.33. The van der Waals surface area contributed by atoms with E-state index in [2.05, 4.69) is 5.32 Å². The fourth-order valence-electron chi connectivity index (χ4n) is 1.79. The third-order valence-corrected chi connectivity index (χ3v) is 3.56. The second-order valence-electron chi connectivity index (χ2n) is 4.39. The average Bonchev–Trinajstić information content (AvgIpc) is 2.40. The van der Waals surface area contributed by atoms with Gasteiger partial charge in [0.2, 0.25) is 0 Å². The Balaban J connectivity index is 2.30. The smallest absolute Gasteiger partial charge is 0.144 e. The van der Waals surface area contributed by atoms with Gasteiger partial charge in [0.25, 0.3) is 0 Å². The summed E-state index contributed by atoms with van der Waals surface area (Å²) in [7, 11) is 0. The zero-order valence-corrected chi connectivity index (χ0v) is 12.8. The van der Waals surface area contributed by atoms with Gasteiger partial charge in [0, 0.05) is 16.8 Å². The maximum Gasteiger partial charge on any atom is 0.144 e. The van der Waals surface area contributed by atoms with E-state index in [1.165, 1.54) is 0 Å². The largest absolute Gasteiger partial charge is 0.492 e. The van der Waals surface area contributed by atoms with E-state index < -0.39 is 0 Å². The molecule has 20 heavy (non-hydrogen) atoms. The minimum absolute atomic E-state index is 0.560. The Labute approximate surface area is 128 Å². The van der Waals surface area contributed by atoms with Gasteiger partial charge in [0.15, 0.2) is 0 Å². The summed E-state index contributed by atoms with van der Waals surface area (Å²) in [5.41, 5.74) is 8.97. The molecule has 0 radical (unpaired) electrons. The van der Waals surface area contributed by atoms with Crippen molar-refractivity contribution < 1.29 is 4.74 Å². The lowest BCUT2D eigenvalue weighted by molar-refractivity contribution is 0.342. The number of hydrogen-bond acceptors (Lipinski definition) is 3. The molecule has 0 atom stereocenters. The molecule has 0 heterocycles. The summed E-state index contributed by atoms with van der Waals surface area (Å²) in [6.07, 6.45) is 0. The highest BCUT2D eigenvalue weighted by atomic mass is 35.5. The molecule has 2 aromatic carbocycles. The van der Waals surface area contributed by atoms with E-state index in [0.717, 1.165) is 16.9 Å². The molecule has 5 heteroatoms. The third-order valence-electron chi connectivity index (χ3n) is 2.84. The predicted octanol–water partition coefficient (Wildman–Crippen LogP) is 5.03. The van der Waals surface area contributed by atoms with E-state index in [0.29, 0.717) is 28.1 Å². The first kappa shape index (κ1) is 14.8. The van der Waals surface area contributed by atoms with E-state index in [9.17, 15) is 0 Å². The summed E-state index contributed by atoms with van der Waals surface area (Å²) >= 11 is 12.3. The van der Waals surface area contributed by atoms with E-state index in [1.54, 1.807) is 12.1 Å². The van der Waals surface area contributed by atoms with Crippen LogP contribution in [0.4, 0.5) is 17.1 Å². The van der Waals surface area contributed by atoms with Gasteiger partial charge in [-0.3, -0.25) is 0 Å². The van der Waals surface area contributed by atoms with Crippen LogP contribution in [0.15, 0.2) is 30.3 Å². The van der Waals surface area contributed by atoms with Crippen molar-refractivity contribution in [1.29, 1.82) is 0 Å². The van der Waals surface area contributed by atoms with Crippen LogP contribution in [0.3, 0.4) is 0 Å². The molecule has 0 saturated heterocycles. The number of nitrogens with two attached hydrogens (primary N) is 1. The number of anilines is 3. The van der Waals surface area contributed by atoms with Gasteiger partial charge in [0.05, 0.1) is 23.0 Å². The Kier molecular flexibility index (Phi) is 4.63. The molecule has 0 saturated carbocycles. The van der Waals surface area contributed by atoms with Crippen molar-refractivity contribution in [1.82, 2.24) is 0 Å². The highest BCUT2D eigenvalue weighted by molar-refractivity contribution is 6.35. The zero-order valence-electron chi connectivity index (χ0n) is 11.3. The van der Waals surface area contributed by atoms with Crippen molar-refractivity contribution in [2.45, 2.75) is 13.8 Å². The molecule has 0 aliphatic heterocycles. The number of rotatable bonds is 4. The summed E-state index contributed by atoms with van der Waals surface area (Å²) in [6, 6.07) is 9.12. The molecule has 0 spiro atoms. The second-order valence-corrected chi connectivity index (χ2v) is 5.21. The van der Waals surface area contributed by atoms with Crippen LogP contribution in [0.2, 0.25) is 10.0 Å². The maximum atomic E-state index is 6.21. The van der Waals surface area contributed by atoms with Crippen LogP contribution >= 0.6 is 23.2 Å². The highest BCUT2D eigenvalue weighted by Gasteiger charge is 2.07. The van der Waals surface area contributed by atoms with Crippen molar-refractivity contribution in [3.05, 3.63) is 45.9 Å². The molecule has 3 N–H and O–H groups in total. The molecule has 0 fully saturated rings. The number of hydrogen-bond donors (Lipinski definition) is 2. The summed E-state index contributed by atoms with van der Waals surface area (Å²) in [5.74, 6) is 0.645. The lowest BCUT2D eigenvalue weighted by Crippen LogP contribution is -1.99. The van der Waals surface area contributed by atoms with E-state index in [1.807, 2.05) is 32.0 Å². The number of nitrogens with one attached hydrogen (secondary N) is 1. The number of ether oxygens (including phenoxy) is 1. The molecule has 0 aliphatic carbocycles. The molecule has 0 aliphatic rings. The van der Waals surface area contributed by atoms with Gasteiger partial charge < -0.3 is 15.8 Å². The van der Waals surface area contributed by atoms with Crippen LogP contribution in [0.25, 0.3) is 0 Å².